The predicted molar refractivity (Wildman–Crippen MR) is 95.3 cm³/mol. The summed E-state index contributed by atoms with van der Waals surface area (Å²) in [5, 5.41) is 15.2. The molecule has 26 heavy (non-hydrogen) atoms. The molecule has 1 aromatic carbocycles. The standard InChI is InChI=1S/C19H25N3O4/c1-13-4-2-3-5-14(13)11-20-17(24)12-22-8-6-19(7-9-22)15(18(25)26)10-16(23)21-19/h2-5,15H,6-12H2,1H3,(H,20,24)(H,21,23)(H,25,26)/t15-/m0/s1. The third kappa shape index (κ3) is 3.88. The van der Waals surface area contributed by atoms with Gasteiger partial charge in [0.05, 0.1) is 18.0 Å². The number of nitrogens with zero attached hydrogens (tertiary/aromatic N) is 1. The molecular weight excluding hydrogens is 334 g/mol. The van der Waals surface area contributed by atoms with Crippen LogP contribution < -0.4 is 10.6 Å². The van der Waals surface area contributed by atoms with Gasteiger partial charge in [-0.2, -0.15) is 0 Å². The lowest BCUT2D eigenvalue weighted by Gasteiger charge is -2.41. The van der Waals surface area contributed by atoms with Crippen molar-refractivity contribution in [3.8, 4) is 0 Å². The number of carboxylic acids is 1. The molecule has 2 aliphatic rings. The van der Waals surface area contributed by atoms with Crippen LogP contribution in [0.25, 0.3) is 0 Å². The van der Waals surface area contributed by atoms with Gasteiger partial charge in [0.25, 0.3) is 0 Å². The number of carboxylic acid groups (broad SMARTS) is 1. The normalized spacial score (nSPS) is 22.2. The topological polar surface area (TPSA) is 98.7 Å². The number of amides is 2. The van der Waals surface area contributed by atoms with Gasteiger partial charge >= 0.3 is 5.97 Å². The summed E-state index contributed by atoms with van der Waals surface area (Å²) in [6, 6.07) is 7.93. The van der Waals surface area contributed by atoms with E-state index in [1.165, 1.54) is 0 Å². The zero-order valence-corrected chi connectivity index (χ0v) is 15.0. The Balaban J connectivity index is 1.49. The van der Waals surface area contributed by atoms with Crippen molar-refractivity contribution in [3.05, 3.63) is 35.4 Å². The number of aliphatic carboxylic acids is 1. The van der Waals surface area contributed by atoms with Crippen LogP contribution in [-0.2, 0) is 20.9 Å². The molecule has 0 saturated carbocycles. The van der Waals surface area contributed by atoms with Gasteiger partial charge in [-0.1, -0.05) is 24.3 Å². The number of benzene rings is 1. The Labute approximate surface area is 152 Å². The number of carbonyl (C=O) groups is 3. The summed E-state index contributed by atoms with van der Waals surface area (Å²) in [7, 11) is 0. The second-order valence-corrected chi connectivity index (χ2v) is 7.28. The minimum absolute atomic E-state index is 0.0468. The number of piperidine rings is 1. The van der Waals surface area contributed by atoms with Gasteiger partial charge in [0, 0.05) is 26.1 Å². The maximum absolute atomic E-state index is 12.2. The molecule has 2 saturated heterocycles. The first kappa shape index (κ1) is 18.4. The molecule has 0 unspecified atom stereocenters. The highest BCUT2D eigenvalue weighted by Gasteiger charge is 2.51. The fourth-order valence-corrected chi connectivity index (χ4v) is 3.97. The minimum Gasteiger partial charge on any atom is -0.481 e. The van der Waals surface area contributed by atoms with E-state index in [0.29, 0.717) is 32.5 Å². The van der Waals surface area contributed by atoms with Crippen LogP contribution in [0.15, 0.2) is 24.3 Å². The number of nitrogens with one attached hydrogen (secondary N) is 2. The van der Waals surface area contributed by atoms with Crippen LogP contribution >= 0.6 is 0 Å². The van der Waals surface area contributed by atoms with Crippen LogP contribution in [-0.4, -0.2) is 53.0 Å². The molecule has 140 valence electrons. The van der Waals surface area contributed by atoms with Gasteiger partial charge in [0.2, 0.25) is 11.8 Å². The summed E-state index contributed by atoms with van der Waals surface area (Å²) in [6.07, 6.45) is 1.16. The second kappa shape index (κ2) is 7.45. The fourth-order valence-electron chi connectivity index (χ4n) is 3.97. The van der Waals surface area contributed by atoms with E-state index < -0.39 is 17.4 Å². The van der Waals surface area contributed by atoms with Gasteiger partial charge in [0.1, 0.15) is 0 Å². The van der Waals surface area contributed by atoms with E-state index >= 15 is 0 Å². The summed E-state index contributed by atoms with van der Waals surface area (Å²) in [5.41, 5.74) is 1.58. The average Bonchev–Trinajstić information content (AvgIpc) is 2.93. The number of hydrogen-bond donors (Lipinski definition) is 3. The highest BCUT2D eigenvalue weighted by atomic mass is 16.4. The molecule has 7 nitrogen and oxygen atoms in total. The van der Waals surface area contributed by atoms with Crippen molar-refractivity contribution in [2.75, 3.05) is 19.6 Å². The molecule has 1 spiro atoms. The molecule has 0 radical (unpaired) electrons. The fraction of sp³-hybridized carbons (Fsp3) is 0.526. The Bertz CT molecular complexity index is 710. The predicted octanol–water partition coefficient (Wildman–Crippen LogP) is 0.667. The van der Waals surface area contributed by atoms with Crippen LogP contribution in [0.4, 0.5) is 0 Å². The Kier molecular flexibility index (Phi) is 5.27. The lowest BCUT2D eigenvalue weighted by molar-refractivity contribution is -0.145. The van der Waals surface area contributed by atoms with Gasteiger partial charge in [-0.15, -0.1) is 0 Å². The first-order valence-corrected chi connectivity index (χ1v) is 8.97. The lowest BCUT2D eigenvalue weighted by Crippen LogP contribution is -2.56. The van der Waals surface area contributed by atoms with Crippen molar-refractivity contribution in [1.29, 1.82) is 0 Å². The van der Waals surface area contributed by atoms with Crippen molar-refractivity contribution in [1.82, 2.24) is 15.5 Å². The number of carbonyl (C=O) groups excluding carboxylic acids is 2. The summed E-state index contributed by atoms with van der Waals surface area (Å²) in [6.45, 7) is 4.00. The molecule has 2 amide bonds. The molecule has 3 N–H and O–H groups in total. The van der Waals surface area contributed by atoms with Crippen molar-refractivity contribution in [2.45, 2.75) is 38.3 Å². The number of hydrogen-bond acceptors (Lipinski definition) is 4. The third-order valence-corrected chi connectivity index (χ3v) is 5.60. The molecule has 1 aromatic rings. The maximum atomic E-state index is 12.2. The van der Waals surface area contributed by atoms with Crippen molar-refractivity contribution < 1.29 is 19.5 Å². The summed E-state index contributed by atoms with van der Waals surface area (Å²) in [4.78, 5) is 37.4. The first-order valence-electron chi connectivity index (χ1n) is 8.97. The van der Waals surface area contributed by atoms with E-state index in [1.807, 2.05) is 36.1 Å². The highest BCUT2D eigenvalue weighted by Crippen LogP contribution is 2.36. The molecule has 0 aromatic heterocycles. The van der Waals surface area contributed by atoms with E-state index in [4.69, 9.17) is 0 Å². The second-order valence-electron chi connectivity index (χ2n) is 7.28. The number of rotatable bonds is 5. The van der Waals surface area contributed by atoms with Crippen molar-refractivity contribution in [2.24, 2.45) is 5.92 Å². The van der Waals surface area contributed by atoms with Gasteiger partial charge in [-0.3, -0.25) is 19.3 Å². The van der Waals surface area contributed by atoms with Crippen molar-refractivity contribution in [3.63, 3.8) is 0 Å². The molecule has 2 heterocycles. The third-order valence-electron chi connectivity index (χ3n) is 5.60. The van der Waals surface area contributed by atoms with Crippen LogP contribution in [0.2, 0.25) is 0 Å². The highest BCUT2D eigenvalue weighted by molar-refractivity contribution is 5.88. The van der Waals surface area contributed by atoms with E-state index in [1.54, 1.807) is 0 Å². The van der Waals surface area contributed by atoms with Crippen LogP contribution in [0, 0.1) is 12.8 Å². The van der Waals surface area contributed by atoms with E-state index in [-0.39, 0.29) is 24.8 Å². The minimum atomic E-state index is -0.923. The van der Waals surface area contributed by atoms with Gasteiger partial charge in [0.15, 0.2) is 0 Å². The summed E-state index contributed by atoms with van der Waals surface area (Å²) < 4.78 is 0. The molecule has 0 aliphatic carbocycles. The zero-order chi connectivity index (χ0) is 18.7. The molecule has 2 fully saturated rings. The number of aryl methyl sites for hydroxylation is 1. The molecule has 7 heteroatoms. The van der Waals surface area contributed by atoms with Crippen LogP contribution in [0.5, 0.6) is 0 Å². The van der Waals surface area contributed by atoms with Crippen LogP contribution in [0.1, 0.15) is 30.4 Å². The number of likely N-dealkylation sites (tertiary alicyclic amines) is 1. The molecule has 0 bridgehead atoms. The monoisotopic (exact) mass is 359 g/mol. The van der Waals surface area contributed by atoms with Crippen molar-refractivity contribution >= 4 is 17.8 Å². The average molecular weight is 359 g/mol. The van der Waals surface area contributed by atoms with E-state index in [2.05, 4.69) is 10.6 Å². The van der Waals surface area contributed by atoms with Crippen LogP contribution in [0.3, 0.4) is 0 Å². The largest absolute Gasteiger partial charge is 0.481 e. The first-order chi connectivity index (χ1) is 12.4. The Morgan fingerprint density at radius 3 is 2.65 bits per heavy atom. The summed E-state index contributed by atoms with van der Waals surface area (Å²) >= 11 is 0. The molecule has 2 aliphatic heterocycles. The molecular formula is C19H25N3O4. The quantitative estimate of drug-likeness (QED) is 0.718. The van der Waals surface area contributed by atoms with E-state index in [0.717, 1.165) is 11.1 Å². The Morgan fingerprint density at radius 2 is 2.00 bits per heavy atom. The smallest absolute Gasteiger partial charge is 0.309 e. The lowest BCUT2D eigenvalue weighted by atomic mass is 9.78. The summed E-state index contributed by atoms with van der Waals surface area (Å²) in [5.74, 6) is -1.84. The Hall–Kier alpha value is -2.41. The van der Waals surface area contributed by atoms with Gasteiger partial charge in [-0.25, -0.2) is 0 Å². The van der Waals surface area contributed by atoms with Gasteiger partial charge < -0.3 is 15.7 Å². The van der Waals surface area contributed by atoms with E-state index in [9.17, 15) is 19.5 Å². The zero-order valence-electron chi connectivity index (χ0n) is 15.0. The Morgan fingerprint density at radius 1 is 1.31 bits per heavy atom. The molecule has 1 atom stereocenters. The molecule has 3 rings (SSSR count). The van der Waals surface area contributed by atoms with Gasteiger partial charge in [-0.05, 0) is 30.9 Å². The SMILES string of the molecule is Cc1ccccc1CNC(=O)CN1CCC2(CC1)NC(=O)C[C@H]2C(=O)O. The maximum Gasteiger partial charge on any atom is 0.309 e.